The second-order valence-electron chi connectivity index (χ2n) is 6.16. The van der Waals surface area contributed by atoms with Gasteiger partial charge in [-0.25, -0.2) is 9.18 Å². The van der Waals surface area contributed by atoms with Crippen LogP contribution in [0.15, 0.2) is 48.5 Å². The number of halogens is 1. The minimum Gasteiger partial charge on any atom is -0.366 e. The zero-order valence-corrected chi connectivity index (χ0v) is 14.5. The van der Waals surface area contributed by atoms with Gasteiger partial charge in [-0.15, -0.1) is 0 Å². The molecule has 1 aliphatic rings. The number of nitrogens with zero attached hydrogens (tertiary/aromatic N) is 2. The van der Waals surface area contributed by atoms with Gasteiger partial charge in [0.05, 0.1) is 0 Å². The molecular weight excluding hydrogens is 351 g/mol. The van der Waals surface area contributed by atoms with Gasteiger partial charge >= 0.3 is 6.03 Å². The number of urea groups is 1. The van der Waals surface area contributed by atoms with Crippen LogP contribution in [0.25, 0.3) is 0 Å². The first kappa shape index (κ1) is 18.4. The molecule has 1 aliphatic heterocycles. The first-order valence-electron chi connectivity index (χ1n) is 8.44. The average Bonchev–Trinajstić information content (AvgIpc) is 2.67. The van der Waals surface area contributed by atoms with Crippen LogP contribution in [0.1, 0.15) is 20.7 Å². The molecular formula is C19H19FN4O3. The predicted molar refractivity (Wildman–Crippen MR) is 97.9 cm³/mol. The normalized spacial score (nSPS) is 14.0. The van der Waals surface area contributed by atoms with E-state index in [9.17, 15) is 18.8 Å². The van der Waals surface area contributed by atoms with Crippen molar-refractivity contribution in [1.29, 1.82) is 0 Å². The Morgan fingerprint density at radius 1 is 0.889 bits per heavy atom. The highest BCUT2D eigenvalue weighted by atomic mass is 19.1. The molecule has 1 saturated heterocycles. The van der Waals surface area contributed by atoms with Crippen LogP contribution in [-0.4, -0.2) is 53.8 Å². The Bertz CT molecular complexity index is 879. The third-order valence-corrected chi connectivity index (χ3v) is 4.32. The number of hydrogen-bond donors (Lipinski definition) is 2. The molecule has 7 nitrogen and oxygen atoms in total. The second kappa shape index (κ2) is 7.86. The molecule has 3 rings (SSSR count). The Labute approximate surface area is 155 Å². The van der Waals surface area contributed by atoms with Crippen LogP contribution in [0, 0.1) is 5.82 Å². The number of carbonyl (C=O) groups is 3. The quantitative estimate of drug-likeness (QED) is 0.864. The molecule has 0 spiro atoms. The van der Waals surface area contributed by atoms with E-state index in [1.807, 2.05) is 0 Å². The molecule has 140 valence electrons. The molecule has 1 fully saturated rings. The molecule has 0 radical (unpaired) electrons. The van der Waals surface area contributed by atoms with E-state index in [0.29, 0.717) is 37.4 Å². The van der Waals surface area contributed by atoms with E-state index in [0.717, 1.165) is 0 Å². The van der Waals surface area contributed by atoms with E-state index >= 15 is 0 Å². The number of primary amides is 1. The van der Waals surface area contributed by atoms with Crippen molar-refractivity contribution in [2.24, 2.45) is 5.73 Å². The van der Waals surface area contributed by atoms with Crippen LogP contribution in [0.3, 0.4) is 0 Å². The maximum atomic E-state index is 13.3. The Morgan fingerprint density at radius 3 is 2.19 bits per heavy atom. The summed E-state index contributed by atoms with van der Waals surface area (Å²) in [6.07, 6.45) is 0. The Balaban J connectivity index is 1.57. The number of nitrogens with one attached hydrogen (secondary N) is 1. The number of carbonyl (C=O) groups excluding carboxylic acids is 3. The molecule has 8 heteroatoms. The number of anilines is 1. The van der Waals surface area contributed by atoms with Crippen molar-refractivity contribution in [1.82, 2.24) is 9.80 Å². The van der Waals surface area contributed by atoms with Crippen LogP contribution < -0.4 is 11.1 Å². The summed E-state index contributed by atoms with van der Waals surface area (Å²) in [5.41, 5.74) is 6.29. The van der Waals surface area contributed by atoms with Gasteiger partial charge in [0.1, 0.15) is 5.82 Å². The van der Waals surface area contributed by atoms with Gasteiger partial charge in [-0.05, 0) is 36.4 Å². The van der Waals surface area contributed by atoms with Crippen molar-refractivity contribution in [3.8, 4) is 0 Å². The summed E-state index contributed by atoms with van der Waals surface area (Å²) in [5, 5.41) is 2.72. The largest absolute Gasteiger partial charge is 0.366 e. The molecule has 0 atom stereocenters. The molecule has 0 bridgehead atoms. The third-order valence-electron chi connectivity index (χ3n) is 4.32. The van der Waals surface area contributed by atoms with Gasteiger partial charge in [0.15, 0.2) is 0 Å². The van der Waals surface area contributed by atoms with Crippen molar-refractivity contribution < 1.29 is 18.8 Å². The minimum atomic E-state index is -0.574. The standard InChI is InChI=1S/C19H19FN4O3/c20-15-5-1-4-14(11-15)18(26)23-7-9-24(10-8-23)19(27)22-16-6-2-3-13(12-16)17(21)25/h1-6,11-12H,7-10H2,(H2,21,25)(H,22,27). The van der Waals surface area contributed by atoms with Gasteiger partial charge < -0.3 is 20.9 Å². The van der Waals surface area contributed by atoms with Crippen molar-refractivity contribution in [3.05, 3.63) is 65.5 Å². The van der Waals surface area contributed by atoms with Gasteiger partial charge in [-0.1, -0.05) is 12.1 Å². The number of piperazine rings is 1. The molecule has 3 N–H and O–H groups in total. The lowest BCUT2D eigenvalue weighted by Gasteiger charge is -2.34. The molecule has 4 amide bonds. The zero-order chi connectivity index (χ0) is 19.4. The fraction of sp³-hybridized carbons (Fsp3) is 0.211. The molecule has 0 aliphatic carbocycles. The van der Waals surface area contributed by atoms with Gasteiger partial charge in [0, 0.05) is 43.0 Å². The molecule has 2 aromatic carbocycles. The van der Waals surface area contributed by atoms with Crippen LogP contribution in [0.2, 0.25) is 0 Å². The molecule has 1 heterocycles. The Kier molecular flexibility index (Phi) is 5.35. The highest BCUT2D eigenvalue weighted by molar-refractivity contribution is 5.96. The minimum absolute atomic E-state index is 0.260. The maximum Gasteiger partial charge on any atom is 0.321 e. The van der Waals surface area contributed by atoms with E-state index in [1.165, 1.54) is 24.3 Å². The Morgan fingerprint density at radius 2 is 1.52 bits per heavy atom. The van der Waals surface area contributed by atoms with Crippen LogP contribution in [0.5, 0.6) is 0 Å². The average molecular weight is 370 g/mol. The summed E-state index contributed by atoms with van der Waals surface area (Å²) in [5.74, 6) is -1.30. The molecule has 0 aromatic heterocycles. The lowest BCUT2D eigenvalue weighted by molar-refractivity contribution is 0.0671. The topological polar surface area (TPSA) is 95.7 Å². The summed E-state index contributed by atoms with van der Waals surface area (Å²) in [6, 6.07) is 11.6. The van der Waals surface area contributed by atoms with E-state index in [4.69, 9.17) is 5.73 Å². The molecule has 0 saturated carbocycles. The zero-order valence-electron chi connectivity index (χ0n) is 14.5. The van der Waals surface area contributed by atoms with Gasteiger partial charge in [0.2, 0.25) is 5.91 Å². The van der Waals surface area contributed by atoms with Gasteiger partial charge in [-0.3, -0.25) is 9.59 Å². The highest BCUT2D eigenvalue weighted by Gasteiger charge is 2.25. The molecule has 0 unspecified atom stereocenters. The van der Waals surface area contributed by atoms with Crippen LogP contribution in [-0.2, 0) is 0 Å². The summed E-state index contributed by atoms with van der Waals surface area (Å²) >= 11 is 0. The van der Waals surface area contributed by atoms with E-state index in [1.54, 1.807) is 34.1 Å². The molecule has 2 aromatic rings. The summed E-state index contributed by atoms with van der Waals surface area (Å²) in [6.45, 7) is 1.40. The monoisotopic (exact) mass is 370 g/mol. The Hall–Kier alpha value is -3.42. The smallest absolute Gasteiger partial charge is 0.321 e. The maximum absolute atomic E-state index is 13.3. The molecule has 27 heavy (non-hydrogen) atoms. The number of nitrogens with two attached hydrogens (primary N) is 1. The van der Waals surface area contributed by atoms with Gasteiger partial charge in [0.25, 0.3) is 5.91 Å². The summed E-state index contributed by atoms with van der Waals surface area (Å²) in [4.78, 5) is 39.2. The van der Waals surface area contributed by atoms with Crippen molar-refractivity contribution >= 4 is 23.5 Å². The number of amides is 4. The summed E-state index contributed by atoms with van der Waals surface area (Å²) < 4.78 is 13.3. The van der Waals surface area contributed by atoms with Gasteiger partial charge in [-0.2, -0.15) is 0 Å². The van der Waals surface area contributed by atoms with Crippen molar-refractivity contribution in [2.45, 2.75) is 0 Å². The van der Waals surface area contributed by atoms with Crippen molar-refractivity contribution in [2.75, 3.05) is 31.5 Å². The first-order chi connectivity index (χ1) is 12.9. The van der Waals surface area contributed by atoms with E-state index < -0.39 is 11.7 Å². The predicted octanol–water partition coefficient (Wildman–Crippen LogP) is 1.91. The highest BCUT2D eigenvalue weighted by Crippen LogP contribution is 2.14. The number of hydrogen-bond acceptors (Lipinski definition) is 3. The van der Waals surface area contributed by atoms with E-state index in [-0.39, 0.29) is 17.5 Å². The lowest BCUT2D eigenvalue weighted by atomic mass is 10.1. The van der Waals surface area contributed by atoms with Crippen molar-refractivity contribution in [3.63, 3.8) is 0 Å². The SMILES string of the molecule is NC(=O)c1cccc(NC(=O)N2CCN(C(=O)c3cccc(F)c3)CC2)c1. The number of rotatable bonds is 3. The lowest BCUT2D eigenvalue weighted by Crippen LogP contribution is -2.51. The summed E-state index contributed by atoms with van der Waals surface area (Å²) in [7, 11) is 0. The van der Waals surface area contributed by atoms with E-state index in [2.05, 4.69) is 5.32 Å². The third kappa shape index (κ3) is 4.41. The number of benzene rings is 2. The first-order valence-corrected chi connectivity index (χ1v) is 8.44. The van der Waals surface area contributed by atoms with Crippen LogP contribution in [0.4, 0.5) is 14.9 Å². The van der Waals surface area contributed by atoms with Crippen LogP contribution >= 0.6 is 0 Å². The fourth-order valence-corrected chi connectivity index (χ4v) is 2.87. The second-order valence-corrected chi connectivity index (χ2v) is 6.16. The fourth-order valence-electron chi connectivity index (χ4n) is 2.87.